The Kier molecular flexibility index (Phi) is 5.48. The second-order valence-electron chi connectivity index (χ2n) is 7.67. The first kappa shape index (κ1) is 17.5. The molecule has 1 saturated heterocycles. The summed E-state index contributed by atoms with van der Waals surface area (Å²) in [7, 11) is 2.16. The monoisotopic (exact) mass is 355 g/mol. The van der Waals surface area contributed by atoms with E-state index in [1.807, 2.05) is 6.20 Å². The Labute approximate surface area is 155 Å². The number of hydrogen-bond donors (Lipinski definition) is 0. The largest absolute Gasteiger partial charge is 0.357 e. The maximum Gasteiger partial charge on any atom is 0.241 e. The van der Waals surface area contributed by atoms with Crippen LogP contribution in [0.3, 0.4) is 0 Å². The van der Waals surface area contributed by atoms with E-state index < -0.39 is 0 Å². The summed E-state index contributed by atoms with van der Waals surface area (Å²) in [5.74, 6) is 2.37. The molecule has 0 bridgehead atoms. The number of aromatic nitrogens is 3. The molecule has 1 aliphatic carbocycles. The van der Waals surface area contributed by atoms with Gasteiger partial charge in [0.15, 0.2) is 0 Å². The molecule has 0 aromatic carbocycles. The molecule has 0 unspecified atom stereocenters. The SMILES string of the molecule is CN(Cc1nc(-c2ccc(N3CCCCC3)nc2)no1)C1CCCCC1. The number of rotatable bonds is 5. The summed E-state index contributed by atoms with van der Waals surface area (Å²) < 4.78 is 5.49. The Morgan fingerprint density at radius 2 is 1.85 bits per heavy atom. The molecule has 1 aliphatic heterocycles. The highest BCUT2D eigenvalue weighted by atomic mass is 16.5. The van der Waals surface area contributed by atoms with E-state index in [0.717, 1.165) is 31.0 Å². The molecular weight excluding hydrogens is 326 g/mol. The number of nitrogens with zero attached hydrogens (tertiary/aromatic N) is 5. The zero-order valence-electron chi connectivity index (χ0n) is 15.7. The highest BCUT2D eigenvalue weighted by Crippen LogP contribution is 2.24. The lowest BCUT2D eigenvalue weighted by molar-refractivity contribution is 0.165. The topological polar surface area (TPSA) is 58.3 Å². The van der Waals surface area contributed by atoms with E-state index in [-0.39, 0.29) is 0 Å². The van der Waals surface area contributed by atoms with Gasteiger partial charge in [-0.2, -0.15) is 4.98 Å². The van der Waals surface area contributed by atoms with E-state index in [9.17, 15) is 0 Å². The van der Waals surface area contributed by atoms with Crippen molar-refractivity contribution in [3.8, 4) is 11.4 Å². The van der Waals surface area contributed by atoms with E-state index in [2.05, 4.69) is 44.1 Å². The van der Waals surface area contributed by atoms with Crippen LogP contribution in [0.1, 0.15) is 57.3 Å². The number of pyridine rings is 1. The van der Waals surface area contributed by atoms with Crippen molar-refractivity contribution in [2.45, 2.75) is 64.0 Å². The number of anilines is 1. The molecule has 0 spiro atoms. The van der Waals surface area contributed by atoms with Gasteiger partial charge in [0.25, 0.3) is 0 Å². The summed E-state index contributed by atoms with van der Waals surface area (Å²) in [4.78, 5) is 13.9. The summed E-state index contributed by atoms with van der Waals surface area (Å²) in [6.07, 6.45) is 12.3. The maximum absolute atomic E-state index is 5.49. The van der Waals surface area contributed by atoms with Crippen molar-refractivity contribution in [3.05, 3.63) is 24.2 Å². The Morgan fingerprint density at radius 1 is 1.08 bits per heavy atom. The molecule has 2 aliphatic rings. The first-order valence-electron chi connectivity index (χ1n) is 10.0. The highest BCUT2D eigenvalue weighted by Gasteiger charge is 2.20. The van der Waals surface area contributed by atoms with Gasteiger partial charge in [-0.25, -0.2) is 4.98 Å². The number of hydrogen-bond acceptors (Lipinski definition) is 6. The third-order valence-corrected chi connectivity index (χ3v) is 5.74. The summed E-state index contributed by atoms with van der Waals surface area (Å²) in [5.41, 5.74) is 0.918. The summed E-state index contributed by atoms with van der Waals surface area (Å²) >= 11 is 0. The lowest BCUT2D eigenvalue weighted by Crippen LogP contribution is -2.32. The van der Waals surface area contributed by atoms with E-state index >= 15 is 0 Å². The first-order valence-corrected chi connectivity index (χ1v) is 10.0. The van der Waals surface area contributed by atoms with Crippen LogP contribution >= 0.6 is 0 Å². The van der Waals surface area contributed by atoms with Crippen LogP contribution in [0.25, 0.3) is 11.4 Å². The lowest BCUT2D eigenvalue weighted by Gasteiger charge is -2.29. The van der Waals surface area contributed by atoms with Gasteiger partial charge >= 0.3 is 0 Å². The van der Waals surface area contributed by atoms with E-state index in [1.165, 1.54) is 51.4 Å². The average molecular weight is 355 g/mol. The molecule has 1 saturated carbocycles. The molecular formula is C20H29N5O. The Morgan fingerprint density at radius 3 is 2.58 bits per heavy atom. The predicted octanol–water partition coefficient (Wildman–Crippen LogP) is 3.89. The van der Waals surface area contributed by atoms with Crippen molar-refractivity contribution in [2.24, 2.45) is 0 Å². The van der Waals surface area contributed by atoms with Gasteiger partial charge in [0.2, 0.25) is 11.7 Å². The van der Waals surface area contributed by atoms with Crippen molar-refractivity contribution < 1.29 is 4.52 Å². The van der Waals surface area contributed by atoms with Gasteiger partial charge in [0, 0.05) is 30.9 Å². The van der Waals surface area contributed by atoms with Crippen LogP contribution in [0.4, 0.5) is 5.82 Å². The minimum Gasteiger partial charge on any atom is -0.357 e. The quantitative estimate of drug-likeness (QED) is 0.811. The van der Waals surface area contributed by atoms with Crippen molar-refractivity contribution in [1.82, 2.24) is 20.0 Å². The molecule has 3 heterocycles. The van der Waals surface area contributed by atoms with Gasteiger partial charge in [-0.1, -0.05) is 24.4 Å². The molecule has 0 radical (unpaired) electrons. The zero-order chi connectivity index (χ0) is 17.8. The molecule has 6 nitrogen and oxygen atoms in total. The second kappa shape index (κ2) is 8.16. The van der Waals surface area contributed by atoms with Crippen LogP contribution in [0, 0.1) is 0 Å². The molecule has 0 atom stereocenters. The van der Waals surface area contributed by atoms with Crippen molar-refractivity contribution in [1.29, 1.82) is 0 Å². The minimum absolute atomic E-state index is 0.634. The van der Waals surface area contributed by atoms with Crippen LogP contribution in [0.5, 0.6) is 0 Å². The van der Waals surface area contributed by atoms with Crippen molar-refractivity contribution in [3.63, 3.8) is 0 Å². The first-order chi connectivity index (χ1) is 12.8. The van der Waals surface area contributed by atoms with Crippen LogP contribution in [-0.4, -0.2) is 46.2 Å². The standard InChI is InChI=1S/C20H29N5O/c1-24(17-8-4-2-5-9-17)15-19-22-20(23-26-19)16-10-11-18(21-14-16)25-12-6-3-7-13-25/h10-11,14,17H,2-9,12-13,15H2,1H3. The Hall–Kier alpha value is -1.95. The zero-order valence-corrected chi connectivity index (χ0v) is 15.7. The van der Waals surface area contributed by atoms with E-state index in [0.29, 0.717) is 17.8 Å². The van der Waals surface area contributed by atoms with Crippen LogP contribution in [-0.2, 0) is 6.54 Å². The van der Waals surface area contributed by atoms with Crippen molar-refractivity contribution >= 4 is 5.82 Å². The van der Waals surface area contributed by atoms with Gasteiger partial charge in [0.05, 0.1) is 6.54 Å². The van der Waals surface area contributed by atoms with E-state index in [4.69, 9.17) is 4.52 Å². The molecule has 2 fully saturated rings. The second-order valence-corrected chi connectivity index (χ2v) is 7.67. The molecule has 2 aromatic rings. The molecule has 4 rings (SSSR count). The van der Waals surface area contributed by atoms with Gasteiger partial charge in [-0.15, -0.1) is 0 Å². The third-order valence-electron chi connectivity index (χ3n) is 5.74. The minimum atomic E-state index is 0.634. The molecule has 0 N–H and O–H groups in total. The predicted molar refractivity (Wildman–Crippen MR) is 102 cm³/mol. The third kappa shape index (κ3) is 4.06. The fourth-order valence-electron chi connectivity index (χ4n) is 4.13. The van der Waals surface area contributed by atoms with Crippen LogP contribution in [0.15, 0.2) is 22.9 Å². The van der Waals surface area contributed by atoms with Gasteiger partial charge in [-0.05, 0) is 51.3 Å². The van der Waals surface area contributed by atoms with Crippen LogP contribution in [0.2, 0.25) is 0 Å². The van der Waals surface area contributed by atoms with Crippen LogP contribution < -0.4 is 4.90 Å². The van der Waals surface area contributed by atoms with Crippen molar-refractivity contribution in [2.75, 3.05) is 25.0 Å². The lowest BCUT2D eigenvalue weighted by atomic mass is 9.94. The molecule has 0 amide bonds. The molecule has 6 heteroatoms. The summed E-state index contributed by atoms with van der Waals surface area (Å²) in [5, 5.41) is 4.16. The summed E-state index contributed by atoms with van der Waals surface area (Å²) in [6.45, 7) is 2.93. The van der Waals surface area contributed by atoms with Gasteiger partial charge in [-0.3, -0.25) is 4.90 Å². The van der Waals surface area contributed by atoms with Gasteiger partial charge < -0.3 is 9.42 Å². The maximum atomic E-state index is 5.49. The normalized spacial score (nSPS) is 19.2. The van der Waals surface area contributed by atoms with Gasteiger partial charge in [0.1, 0.15) is 5.82 Å². The number of piperidine rings is 1. The smallest absolute Gasteiger partial charge is 0.241 e. The fourth-order valence-corrected chi connectivity index (χ4v) is 4.13. The molecule has 26 heavy (non-hydrogen) atoms. The summed E-state index contributed by atoms with van der Waals surface area (Å²) in [6, 6.07) is 4.77. The Balaban J connectivity index is 1.39. The average Bonchev–Trinajstić information content (AvgIpc) is 3.18. The Bertz CT molecular complexity index is 686. The fraction of sp³-hybridized carbons (Fsp3) is 0.650. The molecule has 140 valence electrons. The highest BCUT2D eigenvalue weighted by molar-refractivity contribution is 5.55. The van der Waals surface area contributed by atoms with E-state index in [1.54, 1.807) is 0 Å². The molecule has 2 aromatic heterocycles.